The fourth-order valence-corrected chi connectivity index (χ4v) is 8.57. The molecule has 2 aliphatic rings. The van der Waals surface area contributed by atoms with Crippen LogP contribution in [-0.2, 0) is 0 Å². The van der Waals surface area contributed by atoms with Gasteiger partial charge in [-0.3, -0.25) is 0 Å². The highest BCUT2D eigenvalue weighted by Gasteiger charge is 2.31. The van der Waals surface area contributed by atoms with Crippen LogP contribution in [0.15, 0.2) is 112 Å². The standard InChI is InChI=1S/C31H27IN2S2/c1-3-33-27(35-26-19-18-21-12-8-10-14-23(21)29(26)33)16-6-5-7-17-28-34(4-2)30-24-15-11-9-13-22(24)20-25(32)31(30)36-28/h5-20,28H,3-4H2,1-2H3. The summed E-state index contributed by atoms with van der Waals surface area (Å²) in [5, 5.41) is 6.89. The molecule has 6 rings (SSSR count). The van der Waals surface area contributed by atoms with Crippen LogP contribution in [0.5, 0.6) is 0 Å². The summed E-state index contributed by atoms with van der Waals surface area (Å²) in [5.74, 6) is 0. The lowest BCUT2D eigenvalue weighted by molar-refractivity contribution is 0.882. The van der Waals surface area contributed by atoms with Crippen molar-refractivity contribution in [3.8, 4) is 0 Å². The van der Waals surface area contributed by atoms with Gasteiger partial charge < -0.3 is 9.80 Å². The van der Waals surface area contributed by atoms with Gasteiger partial charge in [-0.2, -0.15) is 0 Å². The van der Waals surface area contributed by atoms with Crippen LogP contribution in [0.1, 0.15) is 13.8 Å². The van der Waals surface area contributed by atoms with Gasteiger partial charge >= 0.3 is 0 Å². The molecule has 1 unspecified atom stereocenters. The second-order valence-corrected chi connectivity index (χ2v) is 12.2. The summed E-state index contributed by atoms with van der Waals surface area (Å²) in [6.07, 6.45) is 11.1. The molecule has 0 fully saturated rings. The number of thioether (sulfide) groups is 2. The Morgan fingerprint density at radius 1 is 0.833 bits per heavy atom. The van der Waals surface area contributed by atoms with Crippen LogP contribution in [0.4, 0.5) is 11.4 Å². The number of halogens is 1. The van der Waals surface area contributed by atoms with Gasteiger partial charge in [-0.15, -0.1) is 0 Å². The number of fused-ring (bicyclic) bond motifs is 6. The van der Waals surface area contributed by atoms with Crippen molar-refractivity contribution < 1.29 is 0 Å². The highest BCUT2D eigenvalue weighted by Crippen LogP contribution is 2.50. The van der Waals surface area contributed by atoms with E-state index in [2.05, 4.69) is 143 Å². The third kappa shape index (κ3) is 4.15. The van der Waals surface area contributed by atoms with Gasteiger partial charge in [0.15, 0.2) is 0 Å². The lowest BCUT2D eigenvalue weighted by Gasteiger charge is -2.23. The topological polar surface area (TPSA) is 6.48 Å². The number of hydrogen-bond donors (Lipinski definition) is 0. The van der Waals surface area contributed by atoms with Crippen molar-refractivity contribution in [1.82, 2.24) is 0 Å². The second-order valence-electron chi connectivity index (χ2n) is 8.81. The van der Waals surface area contributed by atoms with Gasteiger partial charge in [0.25, 0.3) is 0 Å². The van der Waals surface area contributed by atoms with Gasteiger partial charge in [-0.05, 0) is 65.4 Å². The molecule has 0 aromatic heterocycles. The molecular weight excluding hydrogens is 591 g/mol. The van der Waals surface area contributed by atoms with Crippen molar-refractivity contribution in [2.24, 2.45) is 0 Å². The van der Waals surface area contributed by atoms with Crippen LogP contribution in [0.2, 0.25) is 0 Å². The first-order valence-corrected chi connectivity index (χ1v) is 15.1. The molecule has 5 heteroatoms. The Hall–Kier alpha value is -2.35. The summed E-state index contributed by atoms with van der Waals surface area (Å²) >= 11 is 6.32. The molecule has 2 heterocycles. The SMILES string of the molecule is CCN1C(=CC=CC=CC2Sc3c(I)cc4ccccc4c3N2CC)Sc2ccc3ccccc3c21. The molecule has 180 valence electrons. The first-order valence-electron chi connectivity index (χ1n) is 12.4. The predicted molar refractivity (Wildman–Crippen MR) is 169 cm³/mol. The number of nitrogens with zero attached hydrogens (tertiary/aromatic N) is 2. The maximum absolute atomic E-state index is 2.53. The molecule has 1 atom stereocenters. The molecule has 0 spiro atoms. The lowest BCUT2D eigenvalue weighted by Crippen LogP contribution is -2.27. The molecule has 0 amide bonds. The average Bonchev–Trinajstić information content (AvgIpc) is 3.47. The maximum Gasteiger partial charge on any atom is 0.0986 e. The number of rotatable bonds is 5. The molecule has 0 N–H and O–H groups in total. The minimum absolute atomic E-state index is 0.310. The minimum Gasteiger partial charge on any atom is -0.355 e. The third-order valence-corrected chi connectivity index (χ3v) is 10.4. The fourth-order valence-electron chi connectivity index (χ4n) is 5.14. The average molecular weight is 619 g/mol. The Morgan fingerprint density at radius 3 is 2.36 bits per heavy atom. The number of hydrogen-bond acceptors (Lipinski definition) is 4. The highest BCUT2D eigenvalue weighted by molar-refractivity contribution is 14.1. The maximum atomic E-state index is 2.53. The Morgan fingerprint density at radius 2 is 1.58 bits per heavy atom. The third-order valence-electron chi connectivity index (χ3n) is 6.77. The quantitative estimate of drug-likeness (QED) is 0.162. The number of benzene rings is 4. The molecule has 36 heavy (non-hydrogen) atoms. The van der Waals surface area contributed by atoms with Crippen molar-refractivity contribution >= 4 is 79.0 Å². The van der Waals surface area contributed by atoms with Gasteiger partial charge in [0.1, 0.15) is 0 Å². The van der Waals surface area contributed by atoms with Crippen LogP contribution in [0.3, 0.4) is 0 Å². The smallest absolute Gasteiger partial charge is 0.0986 e. The van der Waals surface area contributed by atoms with Crippen LogP contribution >= 0.6 is 46.1 Å². The van der Waals surface area contributed by atoms with Gasteiger partial charge in [-0.1, -0.05) is 102 Å². The molecule has 0 saturated heterocycles. The van der Waals surface area contributed by atoms with E-state index in [-0.39, 0.29) is 0 Å². The molecule has 0 aliphatic carbocycles. The van der Waals surface area contributed by atoms with Gasteiger partial charge in [0.05, 0.1) is 21.8 Å². The Balaban J connectivity index is 1.22. The van der Waals surface area contributed by atoms with Crippen molar-refractivity contribution in [2.45, 2.75) is 29.0 Å². The first-order chi connectivity index (χ1) is 17.7. The van der Waals surface area contributed by atoms with E-state index in [1.165, 1.54) is 51.3 Å². The minimum atomic E-state index is 0.310. The van der Waals surface area contributed by atoms with Gasteiger partial charge in [0.2, 0.25) is 0 Å². The summed E-state index contributed by atoms with van der Waals surface area (Å²) in [4.78, 5) is 7.71. The van der Waals surface area contributed by atoms with E-state index < -0.39 is 0 Å². The van der Waals surface area contributed by atoms with Crippen molar-refractivity contribution in [3.05, 3.63) is 106 Å². The Labute approximate surface area is 235 Å². The second kappa shape index (κ2) is 10.2. The summed E-state index contributed by atoms with van der Waals surface area (Å²) in [6, 6.07) is 24.2. The van der Waals surface area contributed by atoms with Crippen molar-refractivity contribution in [3.63, 3.8) is 0 Å². The van der Waals surface area contributed by atoms with Crippen LogP contribution in [0.25, 0.3) is 21.5 Å². The van der Waals surface area contributed by atoms with Gasteiger partial charge in [0, 0.05) is 37.2 Å². The van der Waals surface area contributed by atoms with E-state index in [1.807, 2.05) is 23.5 Å². The van der Waals surface area contributed by atoms with E-state index in [4.69, 9.17) is 0 Å². The molecular formula is C31H27IN2S2. The van der Waals surface area contributed by atoms with E-state index in [0.717, 1.165) is 13.1 Å². The van der Waals surface area contributed by atoms with Gasteiger partial charge in [-0.25, -0.2) is 0 Å². The molecule has 2 nitrogen and oxygen atoms in total. The first kappa shape index (κ1) is 24.0. The van der Waals surface area contributed by atoms with Crippen LogP contribution < -0.4 is 9.80 Å². The molecule has 4 aromatic rings. The molecule has 4 aromatic carbocycles. The number of likely N-dealkylation sites (N-methyl/N-ethyl adjacent to an activating group) is 1. The number of allylic oxidation sites excluding steroid dienone is 4. The molecule has 0 bridgehead atoms. The van der Waals surface area contributed by atoms with Crippen LogP contribution in [-0.4, -0.2) is 18.5 Å². The molecule has 0 saturated carbocycles. The van der Waals surface area contributed by atoms with E-state index in [1.54, 1.807) is 0 Å². The lowest BCUT2D eigenvalue weighted by atomic mass is 10.1. The van der Waals surface area contributed by atoms with E-state index in [0.29, 0.717) is 5.37 Å². The Kier molecular flexibility index (Phi) is 6.80. The van der Waals surface area contributed by atoms with E-state index in [9.17, 15) is 0 Å². The number of anilines is 2. The molecule has 0 radical (unpaired) electrons. The van der Waals surface area contributed by atoms with Crippen molar-refractivity contribution in [2.75, 3.05) is 22.9 Å². The zero-order valence-electron chi connectivity index (χ0n) is 20.3. The predicted octanol–water partition coefficient (Wildman–Crippen LogP) is 9.44. The van der Waals surface area contributed by atoms with Crippen LogP contribution in [0, 0.1) is 3.57 Å². The van der Waals surface area contributed by atoms with Crippen molar-refractivity contribution in [1.29, 1.82) is 0 Å². The summed E-state index contributed by atoms with van der Waals surface area (Å²) in [7, 11) is 0. The fraction of sp³-hybridized carbons (Fsp3) is 0.161. The normalized spacial score (nSPS) is 18.4. The zero-order valence-corrected chi connectivity index (χ0v) is 24.1. The highest BCUT2D eigenvalue weighted by atomic mass is 127. The zero-order chi connectivity index (χ0) is 24.6. The largest absolute Gasteiger partial charge is 0.355 e. The Bertz CT molecular complexity index is 1560. The summed E-state index contributed by atoms with van der Waals surface area (Å²) < 4.78 is 1.34. The monoisotopic (exact) mass is 618 g/mol. The summed E-state index contributed by atoms with van der Waals surface area (Å²) in [6.45, 7) is 6.43. The summed E-state index contributed by atoms with van der Waals surface area (Å²) in [5.41, 5.74) is 2.73. The molecule has 2 aliphatic heterocycles. The van der Waals surface area contributed by atoms with E-state index >= 15 is 0 Å².